The van der Waals surface area contributed by atoms with Crippen molar-refractivity contribution in [2.45, 2.75) is 32.7 Å². The molecular formula is C15H23N3O2. The fraction of sp³-hybridized carbons (Fsp3) is 0.600. The van der Waals surface area contributed by atoms with E-state index in [-0.39, 0.29) is 17.7 Å². The zero-order valence-corrected chi connectivity index (χ0v) is 12.0. The Kier molecular flexibility index (Phi) is 5.21. The molecule has 2 rings (SSSR count). The molecule has 0 spiro atoms. The van der Waals surface area contributed by atoms with Gasteiger partial charge >= 0.3 is 0 Å². The van der Waals surface area contributed by atoms with E-state index in [1.807, 2.05) is 40.9 Å². The predicted octanol–water partition coefficient (Wildman–Crippen LogP) is 1.25. The van der Waals surface area contributed by atoms with Crippen molar-refractivity contribution >= 4 is 11.8 Å². The van der Waals surface area contributed by atoms with Crippen LogP contribution in [0.5, 0.6) is 0 Å². The van der Waals surface area contributed by atoms with Crippen molar-refractivity contribution in [1.29, 1.82) is 0 Å². The fourth-order valence-electron chi connectivity index (χ4n) is 2.61. The molecule has 1 saturated heterocycles. The standard InChI is InChI=1S/C15H23N3O2/c1-2-14(19)18-10-5-6-13(12-18)15(20)16-7-11-17-8-3-4-9-17/h3-4,8-9,13H,2,5-7,10-12H2,1H3,(H,16,20)/t13-/m1/s1. The SMILES string of the molecule is CCC(=O)N1CCC[C@@H](C(=O)NCCn2cccc2)C1. The summed E-state index contributed by atoms with van der Waals surface area (Å²) >= 11 is 0. The lowest BCUT2D eigenvalue weighted by Gasteiger charge is -2.31. The highest BCUT2D eigenvalue weighted by molar-refractivity contribution is 5.81. The van der Waals surface area contributed by atoms with Crippen LogP contribution in [-0.2, 0) is 16.1 Å². The Bertz CT molecular complexity index is 442. The highest BCUT2D eigenvalue weighted by Crippen LogP contribution is 2.17. The van der Waals surface area contributed by atoms with Crippen LogP contribution < -0.4 is 5.32 Å². The Balaban J connectivity index is 1.75. The highest BCUT2D eigenvalue weighted by Gasteiger charge is 2.27. The van der Waals surface area contributed by atoms with Crippen LogP contribution in [-0.4, -0.2) is 40.9 Å². The molecule has 20 heavy (non-hydrogen) atoms. The topological polar surface area (TPSA) is 54.3 Å². The lowest BCUT2D eigenvalue weighted by Crippen LogP contribution is -2.45. The molecule has 0 aromatic carbocycles. The molecule has 1 atom stereocenters. The zero-order chi connectivity index (χ0) is 14.4. The van der Waals surface area contributed by atoms with Gasteiger partial charge in [-0.05, 0) is 25.0 Å². The first-order valence-corrected chi connectivity index (χ1v) is 7.37. The van der Waals surface area contributed by atoms with Crippen molar-refractivity contribution in [2.24, 2.45) is 5.92 Å². The molecule has 110 valence electrons. The zero-order valence-electron chi connectivity index (χ0n) is 12.0. The van der Waals surface area contributed by atoms with E-state index in [1.54, 1.807) is 0 Å². The van der Waals surface area contributed by atoms with Crippen molar-refractivity contribution in [3.63, 3.8) is 0 Å². The molecule has 5 nitrogen and oxygen atoms in total. The summed E-state index contributed by atoms with van der Waals surface area (Å²) in [5, 5.41) is 2.97. The van der Waals surface area contributed by atoms with E-state index in [0.717, 1.165) is 25.9 Å². The third-order valence-electron chi connectivity index (χ3n) is 3.78. The Morgan fingerprint density at radius 2 is 2.05 bits per heavy atom. The van der Waals surface area contributed by atoms with Crippen molar-refractivity contribution in [3.8, 4) is 0 Å². The van der Waals surface area contributed by atoms with Gasteiger partial charge in [-0.2, -0.15) is 0 Å². The lowest BCUT2D eigenvalue weighted by molar-refractivity contribution is -0.135. The molecule has 1 N–H and O–H groups in total. The number of carbonyl (C=O) groups is 2. The van der Waals surface area contributed by atoms with Gasteiger partial charge in [0, 0.05) is 45.0 Å². The first-order valence-electron chi connectivity index (χ1n) is 7.37. The maximum absolute atomic E-state index is 12.1. The summed E-state index contributed by atoms with van der Waals surface area (Å²) in [6.45, 7) is 4.64. The Labute approximate surface area is 119 Å². The van der Waals surface area contributed by atoms with E-state index in [2.05, 4.69) is 5.32 Å². The number of aromatic nitrogens is 1. The van der Waals surface area contributed by atoms with Gasteiger partial charge in [-0.25, -0.2) is 0 Å². The van der Waals surface area contributed by atoms with Gasteiger partial charge < -0.3 is 14.8 Å². The molecule has 1 aromatic heterocycles. The van der Waals surface area contributed by atoms with Crippen LogP contribution >= 0.6 is 0 Å². The number of hydrogen-bond acceptors (Lipinski definition) is 2. The maximum Gasteiger partial charge on any atom is 0.224 e. The van der Waals surface area contributed by atoms with E-state index in [1.165, 1.54) is 0 Å². The van der Waals surface area contributed by atoms with Crippen LogP contribution in [0.4, 0.5) is 0 Å². The first-order chi connectivity index (χ1) is 9.70. The molecule has 1 aliphatic heterocycles. The molecule has 0 saturated carbocycles. The second-order valence-corrected chi connectivity index (χ2v) is 5.24. The molecule has 0 bridgehead atoms. The van der Waals surface area contributed by atoms with Gasteiger partial charge in [0.15, 0.2) is 0 Å². The summed E-state index contributed by atoms with van der Waals surface area (Å²) in [6.07, 6.45) is 6.27. The van der Waals surface area contributed by atoms with Crippen LogP contribution in [0.15, 0.2) is 24.5 Å². The molecule has 0 unspecified atom stereocenters. The normalized spacial score (nSPS) is 18.9. The van der Waals surface area contributed by atoms with Crippen molar-refractivity contribution in [3.05, 3.63) is 24.5 Å². The Morgan fingerprint density at radius 1 is 1.30 bits per heavy atom. The molecule has 1 aromatic rings. The van der Waals surface area contributed by atoms with Gasteiger partial charge in [-0.3, -0.25) is 9.59 Å². The summed E-state index contributed by atoms with van der Waals surface area (Å²) in [4.78, 5) is 25.6. The smallest absolute Gasteiger partial charge is 0.224 e. The number of amides is 2. The number of nitrogens with zero attached hydrogens (tertiary/aromatic N) is 2. The second kappa shape index (κ2) is 7.12. The largest absolute Gasteiger partial charge is 0.354 e. The van der Waals surface area contributed by atoms with Crippen molar-refractivity contribution in [1.82, 2.24) is 14.8 Å². The monoisotopic (exact) mass is 277 g/mol. The van der Waals surface area contributed by atoms with Gasteiger partial charge in [0.1, 0.15) is 0 Å². The predicted molar refractivity (Wildman–Crippen MR) is 77.0 cm³/mol. The number of carbonyl (C=O) groups excluding carboxylic acids is 2. The summed E-state index contributed by atoms with van der Waals surface area (Å²) in [5.74, 6) is 0.171. The average Bonchev–Trinajstić information content (AvgIpc) is 2.99. The van der Waals surface area contributed by atoms with E-state index < -0.39 is 0 Å². The molecule has 0 aliphatic carbocycles. The summed E-state index contributed by atoms with van der Waals surface area (Å²) in [5.41, 5.74) is 0. The van der Waals surface area contributed by atoms with Crippen LogP contribution in [0.25, 0.3) is 0 Å². The average molecular weight is 277 g/mol. The summed E-state index contributed by atoms with van der Waals surface area (Å²) < 4.78 is 2.04. The number of nitrogens with one attached hydrogen (secondary N) is 1. The third-order valence-corrected chi connectivity index (χ3v) is 3.78. The summed E-state index contributed by atoms with van der Waals surface area (Å²) in [6, 6.07) is 3.94. The maximum atomic E-state index is 12.1. The summed E-state index contributed by atoms with van der Waals surface area (Å²) in [7, 11) is 0. The number of hydrogen-bond donors (Lipinski definition) is 1. The lowest BCUT2D eigenvalue weighted by atomic mass is 9.97. The van der Waals surface area contributed by atoms with Gasteiger partial charge in [-0.15, -0.1) is 0 Å². The fourth-order valence-corrected chi connectivity index (χ4v) is 2.61. The Morgan fingerprint density at radius 3 is 2.75 bits per heavy atom. The molecule has 2 amide bonds. The minimum atomic E-state index is -0.0519. The van der Waals surface area contributed by atoms with Crippen LogP contribution in [0.1, 0.15) is 26.2 Å². The Hall–Kier alpha value is -1.78. The second-order valence-electron chi connectivity index (χ2n) is 5.24. The van der Waals surface area contributed by atoms with E-state index >= 15 is 0 Å². The first kappa shape index (κ1) is 14.6. The van der Waals surface area contributed by atoms with Crippen LogP contribution in [0.3, 0.4) is 0 Å². The van der Waals surface area contributed by atoms with E-state index in [4.69, 9.17) is 0 Å². The van der Waals surface area contributed by atoms with Crippen molar-refractivity contribution < 1.29 is 9.59 Å². The number of likely N-dealkylation sites (tertiary alicyclic amines) is 1. The molecule has 0 radical (unpaired) electrons. The highest BCUT2D eigenvalue weighted by atomic mass is 16.2. The number of piperidine rings is 1. The molecule has 5 heteroatoms. The minimum Gasteiger partial charge on any atom is -0.354 e. The number of rotatable bonds is 5. The van der Waals surface area contributed by atoms with Gasteiger partial charge in [0.25, 0.3) is 0 Å². The van der Waals surface area contributed by atoms with Crippen LogP contribution in [0, 0.1) is 5.92 Å². The molecule has 2 heterocycles. The quantitative estimate of drug-likeness (QED) is 0.880. The van der Waals surface area contributed by atoms with E-state index in [0.29, 0.717) is 19.5 Å². The van der Waals surface area contributed by atoms with Crippen molar-refractivity contribution in [2.75, 3.05) is 19.6 Å². The third kappa shape index (κ3) is 3.85. The van der Waals surface area contributed by atoms with Crippen LogP contribution in [0.2, 0.25) is 0 Å². The van der Waals surface area contributed by atoms with Gasteiger partial charge in [-0.1, -0.05) is 6.92 Å². The van der Waals surface area contributed by atoms with E-state index in [9.17, 15) is 9.59 Å². The van der Waals surface area contributed by atoms with Gasteiger partial charge in [0.05, 0.1) is 5.92 Å². The molecule has 1 aliphatic rings. The van der Waals surface area contributed by atoms with Gasteiger partial charge in [0.2, 0.25) is 11.8 Å². The molecular weight excluding hydrogens is 254 g/mol. The molecule has 1 fully saturated rings. The minimum absolute atomic E-state index is 0.0519.